The molecule has 1 heterocycles. The molecule has 3 nitrogen and oxygen atoms in total. The van der Waals surface area contributed by atoms with E-state index in [9.17, 15) is 4.79 Å². The van der Waals surface area contributed by atoms with Crippen molar-refractivity contribution in [1.29, 1.82) is 0 Å². The van der Waals surface area contributed by atoms with Crippen LogP contribution in [-0.2, 0) is 4.79 Å². The van der Waals surface area contributed by atoms with E-state index < -0.39 is 0 Å². The van der Waals surface area contributed by atoms with Crippen LogP contribution in [0.1, 0.15) is 19.8 Å². The number of rotatable bonds is 6. The van der Waals surface area contributed by atoms with E-state index in [1.807, 2.05) is 24.0 Å². The van der Waals surface area contributed by atoms with Gasteiger partial charge in [0.05, 0.1) is 0 Å². The van der Waals surface area contributed by atoms with Crippen LogP contribution in [-0.4, -0.2) is 48.4 Å². The lowest BCUT2D eigenvalue weighted by Crippen LogP contribution is -2.48. The summed E-state index contributed by atoms with van der Waals surface area (Å²) in [6.07, 6.45) is 7.26. The molecule has 18 heavy (non-hydrogen) atoms. The number of allylic oxidation sites excluding steroid dienone is 2. The van der Waals surface area contributed by atoms with Gasteiger partial charge in [-0.1, -0.05) is 38.3 Å². The maximum Gasteiger partial charge on any atom is 0.222 e. The SMILES string of the molecule is C=C/C=C(\C=C)CN1CCN(C(=O)CCC)CC1. The molecule has 0 unspecified atom stereocenters. The molecule has 0 bridgehead atoms. The summed E-state index contributed by atoms with van der Waals surface area (Å²) in [5, 5.41) is 0. The highest BCUT2D eigenvalue weighted by Gasteiger charge is 2.20. The minimum Gasteiger partial charge on any atom is -0.340 e. The first-order valence-electron chi connectivity index (χ1n) is 6.65. The molecular weight excluding hydrogens is 224 g/mol. The number of amides is 1. The minimum absolute atomic E-state index is 0.294. The highest BCUT2D eigenvalue weighted by atomic mass is 16.2. The zero-order chi connectivity index (χ0) is 13.4. The van der Waals surface area contributed by atoms with Crippen LogP contribution in [0.4, 0.5) is 0 Å². The quantitative estimate of drug-likeness (QED) is 0.673. The average Bonchev–Trinajstić information content (AvgIpc) is 2.39. The minimum atomic E-state index is 0.294. The molecule has 0 aromatic rings. The normalized spacial score (nSPS) is 17.6. The second kappa shape index (κ2) is 7.88. The predicted molar refractivity (Wildman–Crippen MR) is 76.4 cm³/mol. The summed E-state index contributed by atoms with van der Waals surface area (Å²) in [7, 11) is 0. The topological polar surface area (TPSA) is 23.6 Å². The summed E-state index contributed by atoms with van der Waals surface area (Å²) >= 11 is 0. The molecule has 3 heteroatoms. The van der Waals surface area contributed by atoms with E-state index in [-0.39, 0.29) is 0 Å². The van der Waals surface area contributed by atoms with Crippen LogP contribution in [0.2, 0.25) is 0 Å². The van der Waals surface area contributed by atoms with E-state index >= 15 is 0 Å². The highest BCUT2D eigenvalue weighted by molar-refractivity contribution is 5.76. The third kappa shape index (κ3) is 4.49. The maximum atomic E-state index is 11.8. The fourth-order valence-corrected chi connectivity index (χ4v) is 2.12. The van der Waals surface area contributed by atoms with Crippen molar-refractivity contribution in [3.05, 3.63) is 37.0 Å². The lowest BCUT2D eigenvalue weighted by Gasteiger charge is -2.35. The third-order valence-corrected chi connectivity index (χ3v) is 3.19. The third-order valence-electron chi connectivity index (χ3n) is 3.19. The van der Waals surface area contributed by atoms with Gasteiger partial charge >= 0.3 is 0 Å². The Labute approximate surface area is 110 Å². The van der Waals surface area contributed by atoms with Crippen molar-refractivity contribution in [2.45, 2.75) is 19.8 Å². The molecule has 1 aliphatic heterocycles. The second-order valence-corrected chi connectivity index (χ2v) is 4.59. The molecule has 0 radical (unpaired) electrons. The highest BCUT2D eigenvalue weighted by Crippen LogP contribution is 2.08. The van der Waals surface area contributed by atoms with Crippen molar-refractivity contribution < 1.29 is 4.79 Å². The molecule has 100 valence electrons. The van der Waals surface area contributed by atoms with E-state index in [0.29, 0.717) is 12.3 Å². The van der Waals surface area contributed by atoms with Crippen LogP contribution in [0.3, 0.4) is 0 Å². The van der Waals surface area contributed by atoms with Gasteiger partial charge in [-0.2, -0.15) is 0 Å². The lowest BCUT2D eigenvalue weighted by molar-refractivity contribution is -0.132. The largest absolute Gasteiger partial charge is 0.340 e. The first-order chi connectivity index (χ1) is 8.71. The number of piperazine rings is 1. The molecule has 0 aliphatic carbocycles. The van der Waals surface area contributed by atoms with Gasteiger partial charge in [0.1, 0.15) is 0 Å². The van der Waals surface area contributed by atoms with E-state index in [0.717, 1.165) is 39.1 Å². The van der Waals surface area contributed by atoms with E-state index in [1.54, 1.807) is 6.08 Å². The molecule has 0 aromatic heterocycles. The maximum absolute atomic E-state index is 11.8. The summed E-state index contributed by atoms with van der Waals surface area (Å²) < 4.78 is 0. The van der Waals surface area contributed by atoms with Crippen molar-refractivity contribution in [2.24, 2.45) is 0 Å². The first kappa shape index (κ1) is 14.7. The Bertz CT molecular complexity index is 325. The fourth-order valence-electron chi connectivity index (χ4n) is 2.12. The molecule has 1 saturated heterocycles. The molecule has 1 aliphatic rings. The zero-order valence-electron chi connectivity index (χ0n) is 11.4. The first-order valence-corrected chi connectivity index (χ1v) is 6.65. The molecule has 0 aromatic carbocycles. The van der Waals surface area contributed by atoms with Crippen molar-refractivity contribution in [3.63, 3.8) is 0 Å². The lowest BCUT2D eigenvalue weighted by atomic mass is 10.2. The van der Waals surface area contributed by atoms with Gasteiger partial charge in [0, 0.05) is 39.1 Å². The van der Waals surface area contributed by atoms with Crippen LogP contribution in [0, 0.1) is 0 Å². The number of carbonyl (C=O) groups is 1. The van der Waals surface area contributed by atoms with Gasteiger partial charge in [-0.3, -0.25) is 9.69 Å². The molecule has 1 amide bonds. The Hall–Kier alpha value is -1.35. The van der Waals surface area contributed by atoms with Crippen LogP contribution < -0.4 is 0 Å². The van der Waals surface area contributed by atoms with Crippen molar-refractivity contribution in [3.8, 4) is 0 Å². The van der Waals surface area contributed by atoms with Gasteiger partial charge in [0.15, 0.2) is 0 Å². The zero-order valence-corrected chi connectivity index (χ0v) is 11.4. The van der Waals surface area contributed by atoms with Gasteiger partial charge in [0.2, 0.25) is 5.91 Å². The predicted octanol–water partition coefficient (Wildman–Crippen LogP) is 2.23. The molecular formula is C15H24N2O. The molecule has 1 fully saturated rings. The van der Waals surface area contributed by atoms with Crippen LogP contribution in [0.25, 0.3) is 0 Å². The Kier molecular flexibility index (Phi) is 6.44. The van der Waals surface area contributed by atoms with Gasteiger partial charge in [-0.05, 0) is 12.0 Å². The van der Waals surface area contributed by atoms with E-state index in [1.165, 1.54) is 5.57 Å². The van der Waals surface area contributed by atoms with E-state index in [2.05, 4.69) is 18.1 Å². The molecule has 0 N–H and O–H groups in total. The Morgan fingerprint density at radius 2 is 1.89 bits per heavy atom. The molecule has 0 saturated carbocycles. The molecule has 0 atom stereocenters. The summed E-state index contributed by atoms with van der Waals surface area (Å²) in [6.45, 7) is 14.0. The van der Waals surface area contributed by atoms with Crippen molar-refractivity contribution >= 4 is 5.91 Å². The smallest absolute Gasteiger partial charge is 0.222 e. The summed E-state index contributed by atoms with van der Waals surface area (Å²) in [6, 6.07) is 0. The number of hydrogen-bond donors (Lipinski definition) is 0. The summed E-state index contributed by atoms with van der Waals surface area (Å²) in [5.74, 6) is 0.294. The van der Waals surface area contributed by atoms with Crippen LogP contribution in [0.5, 0.6) is 0 Å². The van der Waals surface area contributed by atoms with Crippen molar-refractivity contribution in [2.75, 3.05) is 32.7 Å². The number of nitrogens with zero attached hydrogens (tertiary/aromatic N) is 2. The fraction of sp³-hybridized carbons (Fsp3) is 0.533. The number of hydrogen-bond acceptors (Lipinski definition) is 2. The molecule has 1 rings (SSSR count). The Balaban J connectivity index is 2.39. The van der Waals surface area contributed by atoms with Gasteiger partial charge in [0.25, 0.3) is 0 Å². The summed E-state index contributed by atoms with van der Waals surface area (Å²) in [4.78, 5) is 16.1. The van der Waals surface area contributed by atoms with Gasteiger partial charge in [-0.15, -0.1) is 0 Å². The standard InChI is InChI=1S/C15H24N2O/c1-4-7-14(6-3)13-16-9-11-17(12-10-16)15(18)8-5-2/h4,6-7H,1,3,5,8-13H2,2H3/b14-7+. The van der Waals surface area contributed by atoms with Crippen molar-refractivity contribution in [1.82, 2.24) is 9.80 Å². The Morgan fingerprint density at radius 3 is 2.39 bits per heavy atom. The number of carbonyl (C=O) groups excluding carboxylic acids is 1. The second-order valence-electron chi connectivity index (χ2n) is 4.59. The average molecular weight is 248 g/mol. The summed E-state index contributed by atoms with van der Waals surface area (Å²) in [5.41, 5.74) is 1.18. The monoisotopic (exact) mass is 248 g/mol. The van der Waals surface area contributed by atoms with Gasteiger partial charge in [-0.25, -0.2) is 0 Å². The van der Waals surface area contributed by atoms with Crippen LogP contribution in [0.15, 0.2) is 37.0 Å². The van der Waals surface area contributed by atoms with E-state index in [4.69, 9.17) is 0 Å². The Morgan fingerprint density at radius 1 is 1.22 bits per heavy atom. The van der Waals surface area contributed by atoms with Gasteiger partial charge < -0.3 is 4.90 Å². The molecule has 0 spiro atoms. The van der Waals surface area contributed by atoms with Crippen LogP contribution >= 0.6 is 0 Å².